The molecule has 0 saturated heterocycles. The van der Waals surface area contributed by atoms with Crippen LogP contribution in [0, 0.1) is 17.3 Å². The van der Waals surface area contributed by atoms with Crippen molar-refractivity contribution in [3.63, 3.8) is 0 Å². The standard InChI is InChI=1S/C18H24O3/c1-18-9-15(20)17-12-5-3-11(19)8-10(12)2-4-13(17)14(18)6-7-16(18)21/h3,5,8,13-17,19-21H,2,4,6-7,9H2,1H3/t13-,14+,15+,16+,17-,18-/m1/s1. The predicted octanol–water partition coefficient (Wildman–Crippen LogP) is 2.58. The number of phenolic OH excluding ortho intramolecular Hbond substituents is 1. The molecule has 1 aromatic carbocycles. The molecule has 2 saturated carbocycles. The van der Waals surface area contributed by atoms with Gasteiger partial charge in [0.2, 0.25) is 0 Å². The summed E-state index contributed by atoms with van der Waals surface area (Å²) in [6.45, 7) is 2.17. The van der Waals surface area contributed by atoms with Crippen LogP contribution >= 0.6 is 0 Å². The first kappa shape index (κ1) is 13.6. The Morgan fingerprint density at radius 3 is 2.76 bits per heavy atom. The fourth-order valence-electron chi connectivity index (χ4n) is 5.62. The largest absolute Gasteiger partial charge is 0.508 e. The van der Waals surface area contributed by atoms with Gasteiger partial charge in [-0.05, 0) is 72.6 Å². The molecular formula is C18H24O3. The van der Waals surface area contributed by atoms with Crippen molar-refractivity contribution in [2.24, 2.45) is 17.3 Å². The molecule has 3 aliphatic carbocycles. The molecule has 4 rings (SSSR count). The highest BCUT2D eigenvalue weighted by Gasteiger charge is 2.57. The number of aromatic hydroxyl groups is 1. The van der Waals surface area contributed by atoms with Crippen LogP contribution in [-0.2, 0) is 6.42 Å². The van der Waals surface area contributed by atoms with Gasteiger partial charge in [-0.2, -0.15) is 0 Å². The molecular weight excluding hydrogens is 264 g/mol. The topological polar surface area (TPSA) is 60.7 Å². The summed E-state index contributed by atoms with van der Waals surface area (Å²) in [5.41, 5.74) is 2.30. The van der Waals surface area contributed by atoms with Crippen LogP contribution in [0.15, 0.2) is 18.2 Å². The third-order valence-corrected chi connectivity index (χ3v) is 6.63. The van der Waals surface area contributed by atoms with E-state index in [1.807, 2.05) is 12.1 Å². The number of fused-ring (bicyclic) bond motifs is 5. The lowest BCUT2D eigenvalue weighted by atomic mass is 9.54. The molecule has 21 heavy (non-hydrogen) atoms. The second-order valence-corrected chi connectivity index (χ2v) is 7.59. The number of aliphatic hydroxyl groups is 2. The van der Waals surface area contributed by atoms with Gasteiger partial charge < -0.3 is 15.3 Å². The minimum absolute atomic E-state index is 0.116. The van der Waals surface area contributed by atoms with E-state index in [2.05, 4.69) is 6.92 Å². The van der Waals surface area contributed by atoms with Gasteiger partial charge >= 0.3 is 0 Å². The molecule has 114 valence electrons. The maximum atomic E-state index is 10.8. The van der Waals surface area contributed by atoms with Crippen LogP contribution in [0.2, 0.25) is 0 Å². The maximum absolute atomic E-state index is 10.8. The highest BCUT2D eigenvalue weighted by atomic mass is 16.3. The van der Waals surface area contributed by atoms with Crippen molar-refractivity contribution in [3.8, 4) is 5.75 Å². The van der Waals surface area contributed by atoms with Crippen molar-refractivity contribution in [3.05, 3.63) is 29.3 Å². The monoisotopic (exact) mass is 288 g/mol. The third kappa shape index (κ3) is 1.80. The Bertz CT molecular complexity index is 570. The molecule has 0 spiro atoms. The van der Waals surface area contributed by atoms with E-state index in [0.717, 1.165) is 25.7 Å². The fraction of sp³-hybridized carbons (Fsp3) is 0.667. The molecule has 0 heterocycles. The summed E-state index contributed by atoms with van der Waals surface area (Å²) in [5, 5.41) is 30.8. The lowest BCUT2D eigenvalue weighted by molar-refractivity contribution is -0.0798. The number of benzene rings is 1. The highest BCUT2D eigenvalue weighted by Crippen LogP contribution is 2.60. The minimum atomic E-state index is -0.382. The summed E-state index contributed by atoms with van der Waals surface area (Å²) in [6.07, 6.45) is 4.04. The third-order valence-electron chi connectivity index (χ3n) is 6.63. The first-order valence-electron chi connectivity index (χ1n) is 8.18. The predicted molar refractivity (Wildman–Crippen MR) is 80.1 cm³/mol. The Balaban J connectivity index is 1.76. The molecule has 3 nitrogen and oxygen atoms in total. The van der Waals surface area contributed by atoms with Crippen LogP contribution in [0.25, 0.3) is 0 Å². The van der Waals surface area contributed by atoms with Gasteiger partial charge in [0, 0.05) is 5.92 Å². The first-order chi connectivity index (χ1) is 10.0. The molecule has 1 aromatic rings. The summed E-state index contributed by atoms with van der Waals surface area (Å²) in [6, 6.07) is 5.60. The second-order valence-electron chi connectivity index (χ2n) is 7.59. The first-order valence-corrected chi connectivity index (χ1v) is 8.18. The average Bonchev–Trinajstić information content (AvgIpc) is 2.74. The molecule has 3 heteroatoms. The van der Waals surface area contributed by atoms with Crippen molar-refractivity contribution in [2.45, 2.75) is 57.2 Å². The van der Waals surface area contributed by atoms with Crippen molar-refractivity contribution in [1.29, 1.82) is 0 Å². The zero-order valence-electron chi connectivity index (χ0n) is 12.5. The maximum Gasteiger partial charge on any atom is 0.115 e. The Labute approximate surface area is 125 Å². The molecule has 6 atom stereocenters. The minimum Gasteiger partial charge on any atom is -0.508 e. The average molecular weight is 288 g/mol. The van der Waals surface area contributed by atoms with E-state index >= 15 is 0 Å². The van der Waals surface area contributed by atoms with Crippen LogP contribution < -0.4 is 0 Å². The molecule has 0 amide bonds. The molecule has 3 aliphatic rings. The number of rotatable bonds is 0. The van der Waals surface area contributed by atoms with Crippen molar-refractivity contribution in [1.82, 2.24) is 0 Å². The number of phenols is 1. The number of aryl methyl sites for hydroxylation is 1. The van der Waals surface area contributed by atoms with Gasteiger partial charge in [-0.25, -0.2) is 0 Å². The van der Waals surface area contributed by atoms with E-state index in [4.69, 9.17) is 0 Å². The molecule has 0 unspecified atom stereocenters. The van der Waals surface area contributed by atoms with Crippen molar-refractivity contribution < 1.29 is 15.3 Å². The van der Waals surface area contributed by atoms with Crippen LogP contribution in [0.3, 0.4) is 0 Å². The van der Waals surface area contributed by atoms with E-state index in [-0.39, 0.29) is 23.5 Å². The van der Waals surface area contributed by atoms with E-state index in [1.54, 1.807) is 6.07 Å². The van der Waals surface area contributed by atoms with E-state index < -0.39 is 0 Å². The summed E-state index contributed by atoms with van der Waals surface area (Å²) < 4.78 is 0. The van der Waals surface area contributed by atoms with E-state index in [0.29, 0.717) is 24.0 Å². The lowest BCUT2D eigenvalue weighted by Gasteiger charge is -2.52. The summed E-state index contributed by atoms with van der Waals surface area (Å²) in [4.78, 5) is 0. The van der Waals surface area contributed by atoms with Gasteiger partial charge in [-0.1, -0.05) is 13.0 Å². The molecule has 0 radical (unpaired) electrons. The fourth-order valence-corrected chi connectivity index (χ4v) is 5.62. The molecule has 0 aliphatic heterocycles. The number of aliphatic hydroxyl groups excluding tert-OH is 2. The molecule has 2 fully saturated rings. The molecule has 0 bridgehead atoms. The SMILES string of the molecule is C[C@@]12C[C@H](O)[C@@H]3c4ccc(O)cc4CC[C@@H]3[C@@H]1CC[C@@H]2O. The number of hydrogen-bond donors (Lipinski definition) is 3. The van der Waals surface area contributed by atoms with Gasteiger partial charge in [0.15, 0.2) is 0 Å². The lowest BCUT2D eigenvalue weighted by Crippen LogP contribution is -2.50. The second kappa shape index (κ2) is 4.47. The van der Waals surface area contributed by atoms with Crippen LogP contribution in [0.4, 0.5) is 0 Å². The highest BCUT2D eigenvalue weighted by molar-refractivity contribution is 5.40. The Morgan fingerprint density at radius 2 is 1.95 bits per heavy atom. The zero-order valence-corrected chi connectivity index (χ0v) is 12.5. The van der Waals surface area contributed by atoms with Gasteiger partial charge in [0.25, 0.3) is 0 Å². The van der Waals surface area contributed by atoms with Crippen LogP contribution in [0.1, 0.15) is 49.7 Å². The Hall–Kier alpha value is -1.06. The van der Waals surface area contributed by atoms with Gasteiger partial charge in [0.05, 0.1) is 12.2 Å². The van der Waals surface area contributed by atoms with E-state index in [9.17, 15) is 15.3 Å². The quantitative estimate of drug-likeness (QED) is 0.687. The van der Waals surface area contributed by atoms with E-state index in [1.165, 1.54) is 11.1 Å². The summed E-state index contributed by atoms with van der Waals surface area (Å²) >= 11 is 0. The van der Waals surface area contributed by atoms with Gasteiger partial charge in [-0.3, -0.25) is 0 Å². The summed E-state index contributed by atoms with van der Waals surface area (Å²) in [5.74, 6) is 1.48. The Morgan fingerprint density at radius 1 is 1.14 bits per heavy atom. The van der Waals surface area contributed by atoms with Gasteiger partial charge in [0.1, 0.15) is 5.75 Å². The number of hydrogen-bond acceptors (Lipinski definition) is 3. The summed E-state index contributed by atoms with van der Waals surface area (Å²) in [7, 11) is 0. The van der Waals surface area contributed by atoms with Crippen molar-refractivity contribution in [2.75, 3.05) is 0 Å². The normalized spacial score (nSPS) is 44.8. The smallest absolute Gasteiger partial charge is 0.115 e. The van der Waals surface area contributed by atoms with Crippen LogP contribution in [0.5, 0.6) is 5.75 Å². The van der Waals surface area contributed by atoms with Crippen LogP contribution in [-0.4, -0.2) is 27.5 Å². The van der Waals surface area contributed by atoms with Crippen molar-refractivity contribution >= 4 is 0 Å². The Kier molecular flexibility index (Phi) is 2.89. The molecule has 0 aromatic heterocycles. The zero-order chi connectivity index (χ0) is 14.8. The van der Waals surface area contributed by atoms with Gasteiger partial charge in [-0.15, -0.1) is 0 Å². The molecule has 3 N–H and O–H groups in total.